The summed E-state index contributed by atoms with van der Waals surface area (Å²) < 4.78 is 10.2. The Kier molecular flexibility index (Phi) is 7.30. The molecule has 0 saturated carbocycles. The molecule has 8 heteroatoms. The number of aromatic amines is 1. The van der Waals surface area contributed by atoms with Crippen LogP contribution in [0.15, 0.2) is 24.3 Å². The third kappa shape index (κ3) is 5.54. The zero-order valence-electron chi connectivity index (χ0n) is 16.9. The molecule has 0 bridgehead atoms. The van der Waals surface area contributed by atoms with Crippen LogP contribution in [0.25, 0.3) is 0 Å². The molecule has 0 atom stereocenters. The van der Waals surface area contributed by atoms with E-state index in [9.17, 15) is 19.2 Å². The van der Waals surface area contributed by atoms with Gasteiger partial charge in [-0.2, -0.15) is 0 Å². The van der Waals surface area contributed by atoms with Crippen molar-refractivity contribution in [2.75, 3.05) is 19.8 Å². The molecule has 0 fully saturated rings. The lowest BCUT2D eigenvalue weighted by Crippen LogP contribution is -2.31. The lowest BCUT2D eigenvalue weighted by Gasteiger charge is -2.07. The van der Waals surface area contributed by atoms with Gasteiger partial charge in [0.25, 0.3) is 5.91 Å². The minimum absolute atomic E-state index is 0.149. The molecule has 0 radical (unpaired) electrons. The van der Waals surface area contributed by atoms with Crippen molar-refractivity contribution in [1.82, 2.24) is 10.3 Å². The van der Waals surface area contributed by atoms with Crippen molar-refractivity contribution >= 4 is 23.4 Å². The van der Waals surface area contributed by atoms with E-state index >= 15 is 0 Å². The van der Waals surface area contributed by atoms with Gasteiger partial charge < -0.3 is 19.8 Å². The number of carbonyl (C=O) groups is 4. The summed E-state index contributed by atoms with van der Waals surface area (Å²) in [5, 5.41) is 2.44. The molecular formula is C21H24N2O6. The number of H-pyrrole nitrogens is 1. The van der Waals surface area contributed by atoms with Gasteiger partial charge in [0.05, 0.1) is 12.3 Å². The van der Waals surface area contributed by atoms with Crippen LogP contribution in [-0.2, 0) is 9.53 Å². The van der Waals surface area contributed by atoms with E-state index in [1.165, 1.54) is 6.92 Å². The Bertz CT molecular complexity index is 927. The fourth-order valence-electron chi connectivity index (χ4n) is 2.95. The minimum Gasteiger partial charge on any atom is -0.494 e. The summed E-state index contributed by atoms with van der Waals surface area (Å²) in [6, 6.07) is 6.48. The van der Waals surface area contributed by atoms with Crippen LogP contribution in [0.5, 0.6) is 5.75 Å². The SMILES string of the molecule is CCOc1ccc(C(=O)NCC(=O)OCC(=O)c2[nH]c(C)c(C(C)=O)c2C)cc1. The van der Waals surface area contributed by atoms with Crippen LogP contribution in [0.4, 0.5) is 0 Å². The summed E-state index contributed by atoms with van der Waals surface area (Å²) >= 11 is 0. The first-order valence-electron chi connectivity index (χ1n) is 9.14. The van der Waals surface area contributed by atoms with Crippen LogP contribution in [0, 0.1) is 13.8 Å². The standard InChI is InChI=1S/C21H24N2O6/c1-5-28-16-8-6-15(7-9-16)21(27)22-10-18(26)29-11-17(25)20-12(2)19(14(4)24)13(3)23-20/h6-9,23H,5,10-11H2,1-4H3,(H,22,27). The fraction of sp³-hybridized carbons (Fsp3) is 0.333. The normalized spacial score (nSPS) is 10.3. The van der Waals surface area contributed by atoms with E-state index in [1.807, 2.05) is 6.92 Å². The van der Waals surface area contributed by atoms with Gasteiger partial charge in [-0.3, -0.25) is 19.2 Å². The van der Waals surface area contributed by atoms with Crippen molar-refractivity contribution in [3.05, 3.63) is 52.3 Å². The molecule has 1 amide bonds. The van der Waals surface area contributed by atoms with E-state index < -0.39 is 24.3 Å². The van der Waals surface area contributed by atoms with Gasteiger partial charge in [0, 0.05) is 16.8 Å². The van der Waals surface area contributed by atoms with E-state index in [4.69, 9.17) is 9.47 Å². The van der Waals surface area contributed by atoms with Crippen molar-refractivity contribution in [3.8, 4) is 5.75 Å². The Morgan fingerprint density at radius 3 is 2.28 bits per heavy atom. The van der Waals surface area contributed by atoms with Crippen molar-refractivity contribution in [1.29, 1.82) is 0 Å². The number of nitrogens with one attached hydrogen (secondary N) is 2. The monoisotopic (exact) mass is 400 g/mol. The molecule has 0 unspecified atom stereocenters. The van der Waals surface area contributed by atoms with Crippen LogP contribution in [-0.4, -0.2) is 48.2 Å². The molecule has 1 aromatic heterocycles. The predicted octanol–water partition coefficient (Wildman–Crippen LogP) is 2.39. The number of ether oxygens (including phenoxy) is 2. The molecule has 0 aliphatic rings. The second-order valence-electron chi connectivity index (χ2n) is 6.41. The number of esters is 1. The van der Waals surface area contributed by atoms with Gasteiger partial charge in [-0.15, -0.1) is 0 Å². The number of ketones is 2. The fourth-order valence-corrected chi connectivity index (χ4v) is 2.95. The Balaban J connectivity index is 1.85. The van der Waals surface area contributed by atoms with E-state index in [1.54, 1.807) is 38.1 Å². The third-order valence-corrected chi connectivity index (χ3v) is 4.25. The lowest BCUT2D eigenvalue weighted by molar-refractivity contribution is -0.141. The van der Waals surface area contributed by atoms with Crippen LogP contribution in [0.3, 0.4) is 0 Å². The molecule has 2 N–H and O–H groups in total. The Hall–Kier alpha value is -3.42. The highest BCUT2D eigenvalue weighted by molar-refractivity contribution is 6.04. The largest absolute Gasteiger partial charge is 0.494 e. The second-order valence-corrected chi connectivity index (χ2v) is 6.41. The molecular weight excluding hydrogens is 376 g/mol. The molecule has 2 rings (SSSR count). The minimum atomic E-state index is -0.745. The van der Waals surface area contributed by atoms with Crippen molar-refractivity contribution in [2.45, 2.75) is 27.7 Å². The maximum absolute atomic E-state index is 12.3. The number of hydrogen-bond donors (Lipinski definition) is 2. The second kappa shape index (κ2) is 9.68. The molecule has 0 saturated heterocycles. The quantitative estimate of drug-likeness (QED) is 0.493. The molecule has 0 aliphatic heterocycles. The van der Waals surface area contributed by atoms with E-state index in [-0.39, 0.29) is 18.0 Å². The van der Waals surface area contributed by atoms with Gasteiger partial charge in [0.15, 0.2) is 12.4 Å². The average Bonchev–Trinajstić information content (AvgIpc) is 2.99. The summed E-state index contributed by atoms with van der Waals surface area (Å²) in [5.41, 5.74) is 2.18. The average molecular weight is 400 g/mol. The number of benzene rings is 1. The number of carbonyl (C=O) groups excluding carboxylic acids is 4. The van der Waals surface area contributed by atoms with Crippen molar-refractivity contribution in [3.63, 3.8) is 0 Å². The zero-order chi connectivity index (χ0) is 21.6. The number of rotatable bonds is 9. The molecule has 1 heterocycles. The molecule has 1 aromatic carbocycles. The maximum Gasteiger partial charge on any atom is 0.325 e. The first kappa shape index (κ1) is 21.9. The highest BCUT2D eigenvalue weighted by Gasteiger charge is 2.20. The van der Waals surface area contributed by atoms with Gasteiger partial charge in [0.1, 0.15) is 12.3 Å². The molecule has 2 aromatic rings. The molecule has 8 nitrogen and oxygen atoms in total. The van der Waals surface area contributed by atoms with E-state index in [0.717, 1.165) is 0 Å². The van der Waals surface area contributed by atoms with Gasteiger partial charge in [-0.05, 0) is 57.5 Å². The lowest BCUT2D eigenvalue weighted by atomic mass is 10.1. The number of amides is 1. The number of Topliss-reactive ketones (excluding diaryl/α,β-unsaturated/α-hetero) is 2. The van der Waals surface area contributed by atoms with Crippen LogP contribution in [0.2, 0.25) is 0 Å². The number of aromatic nitrogens is 1. The number of hydrogen-bond acceptors (Lipinski definition) is 6. The maximum atomic E-state index is 12.3. The Labute approximate surface area is 168 Å². The first-order valence-corrected chi connectivity index (χ1v) is 9.14. The summed E-state index contributed by atoms with van der Waals surface area (Å²) in [6.07, 6.45) is 0. The zero-order valence-corrected chi connectivity index (χ0v) is 16.9. The van der Waals surface area contributed by atoms with Gasteiger partial charge in [-0.1, -0.05) is 0 Å². The topological polar surface area (TPSA) is 115 Å². The third-order valence-electron chi connectivity index (χ3n) is 4.25. The van der Waals surface area contributed by atoms with Crippen LogP contribution in [0.1, 0.15) is 56.3 Å². The molecule has 0 aliphatic carbocycles. The summed E-state index contributed by atoms with van der Waals surface area (Å²) in [7, 11) is 0. The van der Waals surface area contributed by atoms with E-state index in [2.05, 4.69) is 10.3 Å². The van der Waals surface area contributed by atoms with Crippen LogP contribution >= 0.6 is 0 Å². The summed E-state index contributed by atoms with van der Waals surface area (Å²) in [4.78, 5) is 50.7. The van der Waals surface area contributed by atoms with Crippen molar-refractivity contribution < 1.29 is 28.7 Å². The van der Waals surface area contributed by atoms with Crippen molar-refractivity contribution in [2.24, 2.45) is 0 Å². The Morgan fingerprint density at radius 2 is 1.72 bits per heavy atom. The predicted molar refractivity (Wildman–Crippen MR) is 106 cm³/mol. The Morgan fingerprint density at radius 1 is 1.07 bits per heavy atom. The van der Waals surface area contributed by atoms with Gasteiger partial charge in [-0.25, -0.2) is 0 Å². The first-order chi connectivity index (χ1) is 13.7. The highest BCUT2D eigenvalue weighted by atomic mass is 16.5. The smallest absolute Gasteiger partial charge is 0.325 e. The van der Waals surface area contributed by atoms with E-state index in [0.29, 0.717) is 34.7 Å². The van der Waals surface area contributed by atoms with Crippen LogP contribution < -0.4 is 10.1 Å². The van der Waals surface area contributed by atoms with Gasteiger partial charge >= 0.3 is 5.97 Å². The molecule has 0 spiro atoms. The summed E-state index contributed by atoms with van der Waals surface area (Å²) in [5.74, 6) is -1.15. The summed E-state index contributed by atoms with van der Waals surface area (Å²) in [6.45, 7) is 6.29. The molecule has 154 valence electrons. The molecule has 29 heavy (non-hydrogen) atoms. The van der Waals surface area contributed by atoms with Gasteiger partial charge in [0.2, 0.25) is 5.78 Å². The number of aryl methyl sites for hydroxylation is 1. The highest BCUT2D eigenvalue weighted by Crippen LogP contribution is 2.19.